The third-order valence-corrected chi connectivity index (χ3v) is 4.80. The number of hydrogen-bond donors (Lipinski definition) is 1. The molecule has 0 bridgehead atoms. The van der Waals surface area contributed by atoms with Crippen molar-refractivity contribution in [3.8, 4) is 0 Å². The summed E-state index contributed by atoms with van der Waals surface area (Å²) in [7, 11) is 0. The summed E-state index contributed by atoms with van der Waals surface area (Å²) in [5.41, 5.74) is 3.57. The molecule has 7 heteroatoms. The molecule has 0 spiro atoms. The molecule has 2 aromatic carbocycles. The van der Waals surface area contributed by atoms with Crippen LogP contribution in [0.1, 0.15) is 34.3 Å². The average molecular weight is 375 g/mol. The van der Waals surface area contributed by atoms with Gasteiger partial charge in [0.2, 0.25) is 5.91 Å². The molecule has 7 nitrogen and oxygen atoms in total. The SMILES string of the molecule is O=C(NCc1ccc(N2CCCC2=O)cc1)c1ccc(Cn2cncn2)cc1. The molecule has 1 fully saturated rings. The minimum absolute atomic E-state index is 0.119. The first-order chi connectivity index (χ1) is 13.7. The van der Waals surface area contributed by atoms with Crippen LogP contribution in [0.25, 0.3) is 0 Å². The van der Waals surface area contributed by atoms with Crippen molar-refractivity contribution in [2.24, 2.45) is 0 Å². The minimum atomic E-state index is -0.119. The number of aromatic nitrogens is 3. The Morgan fingerprint density at radius 3 is 2.43 bits per heavy atom. The van der Waals surface area contributed by atoms with Gasteiger partial charge in [-0.25, -0.2) is 9.67 Å². The molecule has 0 atom stereocenters. The highest BCUT2D eigenvalue weighted by Crippen LogP contribution is 2.21. The van der Waals surface area contributed by atoms with E-state index in [1.165, 1.54) is 6.33 Å². The molecule has 1 aliphatic heterocycles. The molecule has 4 rings (SSSR count). The smallest absolute Gasteiger partial charge is 0.251 e. The average Bonchev–Trinajstić information content (AvgIpc) is 3.39. The zero-order chi connectivity index (χ0) is 19.3. The maximum Gasteiger partial charge on any atom is 0.251 e. The van der Waals surface area contributed by atoms with Gasteiger partial charge in [0.25, 0.3) is 5.91 Å². The van der Waals surface area contributed by atoms with Gasteiger partial charge in [0.1, 0.15) is 12.7 Å². The predicted octanol–water partition coefficient (Wildman–Crippen LogP) is 2.38. The standard InChI is InChI=1S/C21H21N5O2/c27-20-2-1-11-26(20)19-9-5-16(6-10-19)12-23-21(28)18-7-3-17(4-8-18)13-25-15-22-14-24-25/h3-10,14-15H,1-2,11-13H2,(H,23,28). The lowest BCUT2D eigenvalue weighted by molar-refractivity contribution is -0.117. The molecule has 1 aliphatic rings. The fourth-order valence-electron chi connectivity index (χ4n) is 3.26. The van der Waals surface area contributed by atoms with Crippen LogP contribution in [-0.4, -0.2) is 33.1 Å². The van der Waals surface area contributed by atoms with Crippen LogP contribution in [-0.2, 0) is 17.9 Å². The first-order valence-electron chi connectivity index (χ1n) is 9.28. The number of amides is 2. The number of benzene rings is 2. The maximum absolute atomic E-state index is 12.4. The normalized spacial score (nSPS) is 13.7. The van der Waals surface area contributed by atoms with Crippen molar-refractivity contribution >= 4 is 17.5 Å². The summed E-state index contributed by atoms with van der Waals surface area (Å²) in [6.07, 6.45) is 4.69. The van der Waals surface area contributed by atoms with Crippen molar-refractivity contribution in [3.63, 3.8) is 0 Å². The lowest BCUT2D eigenvalue weighted by Crippen LogP contribution is -2.24. The van der Waals surface area contributed by atoms with Gasteiger partial charge in [-0.05, 0) is 41.8 Å². The third-order valence-electron chi connectivity index (χ3n) is 4.80. The summed E-state index contributed by atoms with van der Waals surface area (Å²) in [5, 5.41) is 7.00. The van der Waals surface area contributed by atoms with E-state index in [-0.39, 0.29) is 11.8 Å². The van der Waals surface area contributed by atoms with E-state index >= 15 is 0 Å². The van der Waals surface area contributed by atoms with Crippen molar-refractivity contribution in [1.29, 1.82) is 0 Å². The van der Waals surface area contributed by atoms with Gasteiger partial charge < -0.3 is 10.2 Å². The van der Waals surface area contributed by atoms with Crippen molar-refractivity contribution in [1.82, 2.24) is 20.1 Å². The number of carbonyl (C=O) groups is 2. The van der Waals surface area contributed by atoms with Gasteiger partial charge in [0.15, 0.2) is 0 Å². The monoisotopic (exact) mass is 375 g/mol. The van der Waals surface area contributed by atoms with Crippen LogP contribution in [0.2, 0.25) is 0 Å². The summed E-state index contributed by atoms with van der Waals surface area (Å²) < 4.78 is 1.73. The largest absolute Gasteiger partial charge is 0.348 e. The molecular weight excluding hydrogens is 354 g/mol. The summed E-state index contributed by atoms with van der Waals surface area (Å²) in [6.45, 7) is 1.84. The predicted molar refractivity (Wildman–Crippen MR) is 105 cm³/mol. The molecular formula is C21H21N5O2. The number of nitrogens with one attached hydrogen (secondary N) is 1. The van der Waals surface area contributed by atoms with Crippen LogP contribution in [0.4, 0.5) is 5.69 Å². The molecule has 1 saturated heterocycles. The molecule has 0 radical (unpaired) electrons. The highest BCUT2D eigenvalue weighted by molar-refractivity contribution is 5.95. The minimum Gasteiger partial charge on any atom is -0.348 e. The Labute approximate surface area is 163 Å². The molecule has 2 amide bonds. The van der Waals surface area contributed by atoms with Crippen LogP contribution in [0.3, 0.4) is 0 Å². The molecule has 2 heterocycles. The van der Waals surface area contributed by atoms with Gasteiger partial charge in [-0.3, -0.25) is 9.59 Å². The Kier molecular flexibility index (Phi) is 5.14. The number of carbonyl (C=O) groups excluding carboxylic acids is 2. The summed E-state index contributed by atoms with van der Waals surface area (Å²) in [6, 6.07) is 15.2. The Balaban J connectivity index is 1.32. The second-order valence-electron chi connectivity index (χ2n) is 6.79. The fourth-order valence-corrected chi connectivity index (χ4v) is 3.26. The van der Waals surface area contributed by atoms with Gasteiger partial charge in [-0.2, -0.15) is 5.10 Å². The van der Waals surface area contributed by atoms with Gasteiger partial charge in [0, 0.05) is 30.8 Å². The van der Waals surface area contributed by atoms with E-state index in [1.54, 1.807) is 11.0 Å². The maximum atomic E-state index is 12.4. The lowest BCUT2D eigenvalue weighted by Gasteiger charge is -2.16. The Morgan fingerprint density at radius 1 is 1.04 bits per heavy atom. The first kappa shape index (κ1) is 17.9. The molecule has 1 aromatic heterocycles. The molecule has 1 N–H and O–H groups in total. The Hall–Kier alpha value is -3.48. The van der Waals surface area contributed by atoms with E-state index in [0.29, 0.717) is 25.1 Å². The quantitative estimate of drug-likeness (QED) is 0.717. The Bertz CT molecular complexity index is 949. The van der Waals surface area contributed by atoms with Gasteiger partial charge in [-0.1, -0.05) is 24.3 Å². The zero-order valence-electron chi connectivity index (χ0n) is 15.4. The van der Waals surface area contributed by atoms with Gasteiger partial charge in [-0.15, -0.1) is 0 Å². The number of rotatable bonds is 6. The first-order valence-corrected chi connectivity index (χ1v) is 9.28. The van der Waals surface area contributed by atoms with Crippen LogP contribution in [0.5, 0.6) is 0 Å². The molecule has 3 aromatic rings. The molecule has 142 valence electrons. The van der Waals surface area contributed by atoms with E-state index < -0.39 is 0 Å². The molecule has 0 aliphatic carbocycles. The second-order valence-corrected chi connectivity index (χ2v) is 6.79. The van der Waals surface area contributed by atoms with Crippen LogP contribution in [0, 0.1) is 0 Å². The van der Waals surface area contributed by atoms with Crippen molar-refractivity contribution in [2.75, 3.05) is 11.4 Å². The van der Waals surface area contributed by atoms with Crippen molar-refractivity contribution in [3.05, 3.63) is 77.9 Å². The van der Waals surface area contributed by atoms with Crippen LogP contribution in [0.15, 0.2) is 61.2 Å². The zero-order valence-corrected chi connectivity index (χ0v) is 15.4. The van der Waals surface area contributed by atoms with Crippen molar-refractivity contribution < 1.29 is 9.59 Å². The third kappa shape index (κ3) is 4.09. The number of hydrogen-bond acceptors (Lipinski definition) is 4. The summed E-state index contributed by atoms with van der Waals surface area (Å²) in [5.74, 6) is 0.0550. The van der Waals surface area contributed by atoms with Crippen LogP contribution < -0.4 is 10.2 Å². The van der Waals surface area contributed by atoms with E-state index in [9.17, 15) is 9.59 Å². The highest BCUT2D eigenvalue weighted by Gasteiger charge is 2.21. The molecule has 28 heavy (non-hydrogen) atoms. The molecule has 0 unspecified atom stereocenters. The second kappa shape index (κ2) is 8.04. The molecule has 0 saturated carbocycles. The Morgan fingerprint density at radius 2 is 1.79 bits per heavy atom. The van der Waals surface area contributed by atoms with E-state index in [1.807, 2.05) is 53.4 Å². The summed E-state index contributed by atoms with van der Waals surface area (Å²) in [4.78, 5) is 29.9. The lowest BCUT2D eigenvalue weighted by atomic mass is 10.1. The van der Waals surface area contributed by atoms with E-state index in [2.05, 4.69) is 15.4 Å². The van der Waals surface area contributed by atoms with Crippen LogP contribution >= 0.6 is 0 Å². The number of anilines is 1. The topological polar surface area (TPSA) is 80.1 Å². The van der Waals surface area contributed by atoms with Gasteiger partial charge in [0.05, 0.1) is 6.54 Å². The van der Waals surface area contributed by atoms with E-state index in [0.717, 1.165) is 29.8 Å². The fraction of sp³-hybridized carbons (Fsp3) is 0.238. The highest BCUT2D eigenvalue weighted by atomic mass is 16.2. The summed E-state index contributed by atoms with van der Waals surface area (Å²) >= 11 is 0. The van der Waals surface area contributed by atoms with Gasteiger partial charge >= 0.3 is 0 Å². The van der Waals surface area contributed by atoms with Crippen molar-refractivity contribution in [2.45, 2.75) is 25.9 Å². The number of nitrogens with zero attached hydrogens (tertiary/aromatic N) is 4. The van der Waals surface area contributed by atoms with E-state index in [4.69, 9.17) is 0 Å².